The van der Waals surface area contributed by atoms with Gasteiger partial charge in [-0.15, -0.1) is 11.3 Å². The number of benzene rings is 1. The average molecular weight is 428 g/mol. The first-order chi connectivity index (χ1) is 14.1. The van der Waals surface area contributed by atoms with E-state index in [0.717, 1.165) is 0 Å². The molecule has 156 valence electrons. The fourth-order valence-electron chi connectivity index (χ4n) is 2.84. The first-order valence-electron chi connectivity index (χ1n) is 8.98. The number of non-ortho nitro benzene ring substituents is 1. The summed E-state index contributed by atoms with van der Waals surface area (Å²) in [5.41, 5.74) is -0.136. The number of hydrogen-bond donors (Lipinski definition) is 1. The smallest absolute Gasteiger partial charge is 0.342 e. The van der Waals surface area contributed by atoms with Gasteiger partial charge in [0.05, 0.1) is 16.9 Å². The van der Waals surface area contributed by atoms with Crippen LogP contribution in [0.15, 0.2) is 46.2 Å². The van der Waals surface area contributed by atoms with Crippen LogP contribution in [0, 0.1) is 10.1 Å². The van der Waals surface area contributed by atoms with Crippen molar-refractivity contribution in [2.24, 2.45) is 0 Å². The van der Waals surface area contributed by atoms with Gasteiger partial charge < -0.3 is 14.5 Å². The van der Waals surface area contributed by atoms with Gasteiger partial charge in [0.1, 0.15) is 11.1 Å². The summed E-state index contributed by atoms with van der Waals surface area (Å²) < 4.78 is 10.9. The van der Waals surface area contributed by atoms with E-state index < -0.39 is 16.4 Å². The number of nitrogens with zero attached hydrogens (tertiary/aromatic N) is 1. The zero-order valence-electron chi connectivity index (χ0n) is 16.8. The molecule has 0 saturated heterocycles. The van der Waals surface area contributed by atoms with E-state index >= 15 is 0 Å². The van der Waals surface area contributed by atoms with E-state index in [2.05, 4.69) is 5.32 Å². The lowest BCUT2D eigenvalue weighted by Gasteiger charge is -2.20. The van der Waals surface area contributed by atoms with E-state index in [4.69, 9.17) is 9.15 Å². The van der Waals surface area contributed by atoms with Crippen LogP contribution in [0.2, 0.25) is 0 Å². The van der Waals surface area contributed by atoms with Crippen LogP contribution in [-0.2, 0) is 4.74 Å². The van der Waals surface area contributed by atoms with Crippen LogP contribution in [-0.4, -0.2) is 29.3 Å². The first kappa shape index (κ1) is 21.3. The number of nitro groups is 1. The maximum Gasteiger partial charge on any atom is 0.342 e. The molecule has 0 bridgehead atoms. The molecular formula is C21H20N2O6S. The standard InChI is InChI=1S/C21H20N2O6S/c1-21(2,3)22-19-15(17(24)14-6-5-11-30-14)16(20(25)28-4)18(29-19)12-7-9-13(10-8-12)23(26)27/h5-11,22H,1-4H3. The molecule has 0 aliphatic carbocycles. The molecule has 2 aromatic heterocycles. The van der Waals surface area contributed by atoms with Crippen molar-refractivity contribution in [3.8, 4) is 11.3 Å². The quantitative estimate of drug-likeness (QED) is 0.250. The number of carbonyl (C=O) groups excluding carboxylic acids is 2. The second-order valence-corrected chi connectivity index (χ2v) is 8.43. The lowest BCUT2D eigenvalue weighted by atomic mass is 10.0. The van der Waals surface area contributed by atoms with Crippen LogP contribution in [0.5, 0.6) is 0 Å². The summed E-state index contributed by atoms with van der Waals surface area (Å²) >= 11 is 1.24. The van der Waals surface area contributed by atoms with E-state index in [9.17, 15) is 19.7 Å². The fraction of sp³-hybridized carbons (Fsp3) is 0.238. The van der Waals surface area contributed by atoms with Gasteiger partial charge in [0.2, 0.25) is 11.7 Å². The Labute approximate surface area is 176 Å². The van der Waals surface area contributed by atoms with E-state index in [1.165, 1.54) is 42.7 Å². The Morgan fingerprint density at radius 1 is 1.13 bits per heavy atom. The Hall–Kier alpha value is -3.46. The van der Waals surface area contributed by atoms with Gasteiger partial charge in [0, 0.05) is 23.2 Å². The van der Waals surface area contributed by atoms with Crippen LogP contribution in [0.3, 0.4) is 0 Å². The van der Waals surface area contributed by atoms with Crippen LogP contribution < -0.4 is 5.32 Å². The van der Waals surface area contributed by atoms with Crippen molar-refractivity contribution in [2.45, 2.75) is 26.3 Å². The van der Waals surface area contributed by atoms with Gasteiger partial charge in [0.25, 0.3) is 5.69 Å². The monoisotopic (exact) mass is 428 g/mol. The third-order valence-corrected chi connectivity index (χ3v) is 4.97. The number of nitrogens with one attached hydrogen (secondary N) is 1. The molecule has 3 aromatic rings. The summed E-state index contributed by atoms with van der Waals surface area (Å²) in [6.07, 6.45) is 0. The molecule has 0 saturated carbocycles. The second-order valence-electron chi connectivity index (χ2n) is 7.49. The van der Waals surface area contributed by atoms with Crippen molar-refractivity contribution in [1.29, 1.82) is 0 Å². The number of methoxy groups -OCH3 is 1. The van der Waals surface area contributed by atoms with E-state index in [1.54, 1.807) is 17.5 Å². The van der Waals surface area contributed by atoms with Gasteiger partial charge in [-0.2, -0.15) is 0 Å². The van der Waals surface area contributed by atoms with Crippen molar-refractivity contribution in [2.75, 3.05) is 12.4 Å². The van der Waals surface area contributed by atoms with Crippen molar-refractivity contribution in [1.82, 2.24) is 0 Å². The highest BCUT2D eigenvalue weighted by Crippen LogP contribution is 2.38. The molecule has 0 spiro atoms. The maximum atomic E-state index is 13.3. The molecule has 2 heterocycles. The van der Waals surface area contributed by atoms with E-state index in [-0.39, 0.29) is 34.2 Å². The molecule has 0 aliphatic heterocycles. The Morgan fingerprint density at radius 3 is 2.30 bits per heavy atom. The Morgan fingerprint density at radius 2 is 1.80 bits per heavy atom. The highest BCUT2D eigenvalue weighted by molar-refractivity contribution is 7.12. The van der Waals surface area contributed by atoms with Crippen molar-refractivity contribution in [3.63, 3.8) is 0 Å². The highest BCUT2D eigenvalue weighted by Gasteiger charge is 2.34. The van der Waals surface area contributed by atoms with E-state index in [0.29, 0.717) is 10.4 Å². The molecule has 1 aromatic carbocycles. The molecule has 0 atom stereocenters. The number of thiophene rings is 1. The van der Waals surface area contributed by atoms with Crippen LogP contribution in [0.1, 0.15) is 46.4 Å². The van der Waals surface area contributed by atoms with Gasteiger partial charge >= 0.3 is 5.97 Å². The predicted molar refractivity (Wildman–Crippen MR) is 113 cm³/mol. The second kappa shape index (κ2) is 8.11. The molecule has 1 N–H and O–H groups in total. The average Bonchev–Trinajstić information content (AvgIpc) is 3.34. The molecule has 0 aliphatic rings. The Kier molecular flexibility index (Phi) is 5.75. The third-order valence-electron chi connectivity index (χ3n) is 4.10. The number of hydrogen-bond acceptors (Lipinski definition) is 8. The number of rotatable bonds is 6. The first-order valence-corrected chi connectivity index (χ1v) is 9.86. The largest absolute Gasteiger partial charge is 0.465 e. The summed E-state index contributed by atoms with van der Waals surface area (Å²) in [5, 5.41) is 15.9. The van der Waals surface area contributed by atoms with Gasteiger partial charge in [-0.25, -0.2) is 4.79 Å². The lowest BCUT2D eigenvalue weighted by Crippen LogP contribution is -2.27. The zero-order valence-corrected chi connectivity index (χ0v) is 17.7. The predicted octanol–water partition coefficient (Wildman–Crippen LogP) is 5.14. The molecule has 0 radical (unpaired) electrons. The summed E-state index contributed by atoms with van der Waals surface area (Å²) in [6.45, 7) is 5.66. The molecule has 0 unspecified atom stereocenters. The minimum atomic E-state index is -0.742. The summed E-state index contributed by atoms with van der Waals surface area (Å²) in [6, 6.07) is 8.93. The lowest BCUT2D eigenvalue weighted by molar-refractivity contribution is -0.384. The zero-order chi connectivity index (χ0) is 22.1. The minimum absolute atomic E-state index is 0.0310. The van der Waals surface area contributed by atoms with Crippen LogP contribution >= 0.6 is 11.3 Å². The summed E-state index contributed by atoms with van der Waals surface area (Å²) in [7, 11) is 1.21. The summed E-state index contributed by atoms with van der Waals surface area (Å²) in [5.74, 6) is -0.888. The van der Waals surface area contributed by atoms with Crippen molar-refractivity contribution in [3.05, 3.63) is 67.9 Å². The van der Waals surface area contributed by atoms with Crippen molar-refractivity contribution >= 4 is 34.7 Å². The molecular weight excluding hydrogens is 408 g/mol. The van der Waals surface area contributed by atoms with Gasteiger partial charge in [-0.3, -0.25) is 14.9 Å². The Bertz CT molecular complexity index is 1090. The number of furan rings is 1. The number of ether oxygens (including phenoxy) is 1. The molecule has 9 heteroatoms. The number of nitro benzene ring substituents is 1. The van der Waals surface area contributed by atoms with Gasteiger partial charge in [-0.05, 0) is 44.4 Å². The minimum Gasteiger partial charge on any atom is -0.465 e. The van der Waals surface area contributed by atoms with Crippen molar-refractivity contribution < 1.29 is 23.7 Å². The maximum absolute atomic E-state index is 13.3. The highest BCUT2D eigenvalue weighted by atomic mass is 32.1. The topological polar surface area (TPSA) is 112 Å². The van der Waals surface area contributed by atoms with Gasteiger partial charge in [-0.1, -0.05) is 6.07 Å². The number of carbonyl (C=O) groups is 2. The molecule has 0 fully saturated rings. The van der Waals surface area contributed by atoms with Crippen LogP contribution in [0.25, 0.3) is 11.3 Å². The molecule has 0 amide bonds. The molecule has 3 rings (SSSR count). The Balaban J connectivity index is 2.26. The molecule has 8 nitrogen and oxygen atoms in total. The number of esters is 1. The van der Waals surface area contributed by atoms with Crippen LogP contribution in [0.4, 0.5) is 11.6 Å². The third kappa shape index (κ3) is 4.25. The number of ketones is 1. The number of anilines is 1. The van der Waals surface area contributed by atoms with Gasteiger partial charge in [0.15, 0.2) is 5.76 Å². The van der Waals surface area contributed by atoms with E-state index in [1.807, 2.05) is 20.8 Å². The fourth-order valence-corrected chi connectivity index (χ4v) is 3.51. The molecule has 30 heavy (non-hydrogen) atoms. The summed E-state index contributed by atoms with van der Waals surface area (Å²) in [4.78, 5) is 36.8. The SMILES string of the molecule is COC(=O)c1c(-c2ccc([N+](=O)[O-])cc2)oc(NC(C)(C)C)c1C(=O)c1cccs1. The normalized spacial score (nSPS) is 11.2.